The number of nitrogens with zero attached hydrogens (tertiary/aromatic N) is 3. The molecular formula is C24H28ClFN4O4S. The van der Waals surface area contributed by atoms with Gasteiger partial charge in [0, 0.05) is 30.2 Å². The number of halogens is 2. The normalized spacial score (nSPS) is 18.6. The lowest BCUT2D eigenvalue weighted by Gasteiger charge is -2.34. The van der Waals surface area contributed by atoms with Gasteiger partial charge in [0.05, 0.1) is 29.5 Å². The summed E-state index contributed by atoms with van der Waals surface area (Å²) in [4.78, 5) is 8.68. The highest BCUT2D eigenvalue weighted by molar-refractivity contribution is 7.89. The number of nitrogens with one attached hydrogen (secondary N) is 1. The van der Waals surface area contributed by atoms with Crippen molar-refractivity contribution in [3.05, 3.63) is 47.5 Å². The first-order valence-corrected chi connectivity index (χ1v) is 13.4. The molecule has 11 heteroatoms. The van der Waals surface area contributed by atoms with E-state index in [-0.39, 0.29) is 22.9 Å². The molecule has 35 heavy (non-hydrogen) atoms. The molecule has 1 fully saturated rings. The van der Waals surface area contributed by atoms with E-state index < -0.39 is 15.8 Å². The Kier molecular flexibility index (Phi) is 7.63. The predicted molar refractivity (Wildman–Crippen MR) is 135 cm³/mol. The van der Waals surface area contributed by atoms with E-state index in [0.29, 0.717) is 33.9 Å². The molecule has 0 spiro atoms. The summed E-state index contributed by atoms with van der Waals surface area (Å²) in [5, 5.41) is 3.87. The number of ether oxygens (including phenoxy) is 2. The Balaban J connectivity index is 1.55. The molecule has 0 unspecified atom stereocenters. The Morgan fingerprint density at radius 3 is 2.54 bits per heavy atom. The number of anilines is 2. The van der Waals surface area contributed by atoms with E-state index in [1.807, 2.05) is 6.07 Å². The van der Waals surface area contributed by atoms with Crippen LogP contribution in [0.2, 0.25) is 5.02 Å². The van der Waals surface area contributed by atoms with Crippen molar-refractivity contribution in [2.24, 2.45) is 0 Å². The van der Waals surface area contributed by atoms with Gasteiger partial charge in [0.15, 0.2) is 11.5 Å². The Morgan fingerprint density at radius 2 is 1.89 bits per heavy atom. The Labute approximate surface area is 209 Å². The predicted octanol–water partition coefficient (Wildman–Crippen LogP) is 5.15. The van der Waals surface area contributed by atoms with Gasteiger partial charge in [-0.1, -0.05) is 11.6 Å². The average Bonchev–Trinajstić information content (AvgIpc) is 2.86. The Hall–Kier alpha value is -2.69. The van der Waals surface area contributed by atoms with Crippen molar-refractivity contribution >= 4 is 44.0 Å². The zero-order chi connectivity index (χ0) is 25.2. The van der Waals surface area contributed by atoms with Crippen LogP contribution in [0.5, 0.6) is 11.5 Å². The van der Waals surface area contributed by atoms with Crippen LogP contribution in [0.3, 0.4) is 0 Å². The van der Waals surface area contributed by atoms with Crippen LogP contribution in [0, 0.1) is 5.82 Å². The van der Waals surface area contributed by atoms with Gasteiger partial charge in [-0.05, 0) is 56.9 Å². The van der Waals surface area contributed by atoms with Gasteiger partial charge in [-0.15, -0.1) is 0 Å². The van der Waals surface area contributed by atoms with Gasteiger partial charge < -0.3 is 14.8 Å². The second kappa shape index (κ2) is 10.5. The highest BCUT2D eigenvalue weighted by Crippen LogP contribution is 2.37. The zero-order valence-corrected chi connectivity index (χ0v) is 21.4. The Bertz CT molecular complexity index is 1320. The summed E-state index contributed by atoms with van der Waals surface area (Å²) in [6, 6.07) is 7.92. The van der Waals surface area contributed by atoms with Crippen molar-refractivity contribution < 1.29 is 22.3 Å². The van der Waals surface area contributed by atoms with Crippen LogP contribution in [-0.4, -0.2) is 54.7 Å². The maximum Gasteiger partial charge on any atom is 0.213 e. The van der Waals surface area contributed by atoms with Gasteiger partial charge >= 0.3 is 0 Å². The largest absolute Gasteiger partial charge is 0.493 e. The highest BCUT2D eigenvalue weighted by Gasteiger charge is 2.30. The smallest absolute Gasteiger partial charge is 0.213 e. The van der Waals surface area contributed by atoms with Gasteiger partial charge in [-0.3, -0.25) is 0 Å². The molecule has 0 amide bonds. The monoisotopic (exact) mass is 522 g/mol. The van der Waals surface area contributed by atoms with E-state index >= 15 is 0 Å². The molecular weight excluding hydrogens is 495 g/mol. The van der Waals surface area contributed by atoms with Crippen molar-refractivity contribution in [3.63, 3.8) is 0 Å². The van der Waals surface area contributed by atoms with E-state index in [2.05, 4.69) is 15.3 Å². The van der Waals surface area contributed by atoms with Crippen LogP contribution in [0.25, 0.3) is 10.9 Å². The summed E-state index contributed by atoms with van der Waals surface area (Å²) >= 11 is 5.91. The lowest BCUT2D eigenvalue weighted by molar-refractivity contribution is 0.122. The molecule has 3 aromatic rings. The number of aromatic nitrogens is 2. The summed E-state index contributed by atoms with van der Waals surface area (Å²) < 4.78 is 51.3. The fourth-order valence-corrected chi connectivity index (χ4v) is 5.52. The van der Waals surface area contributed by atoms with Gasteiger partial charge in [0.1, 0.15) is 18.0 Å². The van der Waals surface area contributed by atoms with E-state index in [4.69, 9.17) is 21.1 Å². The van der Waals surface area contributed by atoms with Crippen molar-refractivity contribution in [3.8, 4) is 11.5 Å². The van der Waals surface area contributed by atoms with E-state index in [9.17, 15) is 12.8 Å². The van der Waals surface area contributed by atoms with Crippen LogP contribution in [0.4, 0.5) is 15.9 Å². The molecule has 0 saturated heterocycles. The van der Waals surface area contributed by atoms with Crippen LogP contribution in [0.1, 0.15) is 32.6 Å². The third-order valence-corrected chi connectivity index (χ3v) is 8.55. The SMILES string of the molecule is CCS(=O)(=O)N(C)C1CCC(Oc2cc3c(Nc4ccc(F)c(Cl)c4)ncnc3cc2OC)CC1. The molecule has 4 rings (SSSR count). The van der Waals surface area contributed by atoms with Crippen LogP contribution in [0.15, 0.2) is 36.7 Å². The van der Waals surface area contributed by atoms with Gasteiger partial charge in [0.25, 0.3) is 0 Å². The molecule has 0 bridgehead atoms. The molecule has 0 aliphatic heterocycles. The van der Waals surface area contributed by atoms with Gasteiger partial charge in [-0.25, -0.2) is 27.1 Å². The van der Waals surface area contributed by atoms with E-state index in [1.54, 1.807) is 33.2 Å². The zero-order valence-electron chi connectivity index (χ0n) is 19.8. The van der Waals surface area contributed by atoms with Crippen molar-refractivity contribution in [2.45, 2.75) is 44.8 Å². The second-order valence-corrected chi connectivity index (χ2v) is 11.2. The maximum absolute atomic E-state index is 13.5. The fourth-order valence-electron chi connectivity index (χ4n) is 4.26. The quantitative estimate of drug-likeness (QED) is 0.437. The molecule has 0 radical (unpaired) electrons. The second-order valence-electron chi connectivity index (χ2n) is 8.46. The summed E-state index contributed by atoms with van der Waals surface area (Å²) in [6.45, 7) is 1.66. The number of rotatable bonds is 8. The molecule has 2 aromatic carbocycles. The third-order valence-electron chi connectivity index (χ3n) is 6.36. The average molecular weight is 523 g/mol. The number of hydrogen-bond donors (Lipinski definition) is 1. The first kappa shape index (κ1) is 25.4. The molecule has 0 atom stereocenters. The number of fused-ring (bicyclic) bond motifs is 1. The van der Waals surface area contributed by atoms with Gasteiger partial charge in [0.2, 0.25) is 10.0 Å². The molecule has 8 nitrogen and oxygen atoms in total. The summed E-state index contributed by atoms with van der Waals surface area (Å²) in [7, 11) is -0.00386. The fraction of sp³-hybridized carbons (Fsp3) is 0.417. The molecule has 1 aromatic heterocycles. The molecule has 1 heterocycles. The number of benzene rings is 2. The first-order chi connectivity index (χ1) is 16.7. The molecule has 1 aliphatic carbocycles. The van der Waals surface area contributed by atoms with E-state index in [0.717, 1.165) is 25.7 Å². The minimum Gasteiger partial charge on any atom is -0.493 e. The molecule has 1 N–H and O–H groups in total. The molecule has 1 saturated carbocycles. The third kappa shape index (κ3) is 5.60. The highest BCUT2D eigenvalue weighted by atomic mass is 35.5. The van der Waals surface area contributed by atoms with Crippen LogP contribution >= 0.6 is 11.6 Å². The van der Waals surface area contributed by atoms with Crippen molar-refractivity contribution in [1.29, 1.82) is 0 Å². The van der Waals surface area contributed by atoms with Crippen molar-refractivity contribution in [1.82, 2.24) is 14.3 Å². The first-order valence-electron chi connectivity index (χ1n) is 11.4. The minimum atomic E-state index is -3.22. The summed E-state index contributed by atoms with van der Waals surface area (Å²) in [5.74, 6) is 1.20. The van der Waals surface area contributed by atoms with Gasteiger partial charge in [-0.2, -0.15) is 0 Å². The number of hydrogen-bond acceptors (Lipinski definition) is 7. The maximum atomic E-state index is 13.5. The van der Waals surface area contributed by atoms with Crippen molar-refractivity contribution in [2.75, 3.05) is 25.2 Å². The summed E-state index contributed by atoms with van der Waals surface area (Å²) in [6.07, 6.45) is 4.24. The standard InChI is InChI=1S/C24H28ClFN4O4S/c1-4-35(31,32)30(2)16-6-8-17(9-7-16)34-23-12-18-21(13-22(23)33-3)27-14-28-24(18)29-15-5-10-20(26)19(25)11-15/h5,10-14,16-17H,4,6-9H2,1-3H3,(H,27,28,29). The topological polar surface area (TPSA) is 93.7 Å². The summed E-state index contributed by atoms with van der Waals surface area (Å²) in [5.41, 5.74) is 1.23. The minimum absolute atomic E-state index is 0.00652. The number of methoxy groups -OCH3 is 1. The Morgan fingerprint density at radius 1 is 1.14 bits per heavy atom. The molecule has 188 valence electrons. The number of sulfonamides is 1. The van der Waals surface area contributed by atoms with Crippen LogP contribution < -0.4 is 14.8 Å². The van der Waals surface area contributed by atoms with E-state index in [1.165, 1.54) is 22.8 Å². The molecule has 1 aliphatic rings. The lowest BCUT2D eigenvalue weighted by Crippen LogP contribution is -2.41. The lowest BCUT2D eigenvalue weighted by atomic mass is 9.93. The van der Waals surface area contributed by atoms with Crippen LogP contribution in [-0.2, 0) is 10.0 Å².